The number of hydrogen-bond donors (Lipinski definition) is 1. The third-order valence-electron chi connectivity index (χ3n) is 4.74. The number of benzene rings is 2. The minimum Gasteiger partial charge on any atom is -0.379 e. The molecule has 0 amide bonds. The first-order valence-corrected chi connectivity index (χ1v) is 10.6. The Hall–Kier alpha value is -2.55. The fraction of sp³-hybridized carbons (Fsp3) is 0.300. The number of sulfonamides is 1. The molecule has 2 heterocycles. The zero-order chi connectivity index (χ0) is 19.6. The summed E-state index contributed by atoms with van der Waals surface area (Å²) in [4.78, 5) is 9.49. The molecule has 0 spiro atoms. The first-order valence-electron chi connectivity index (χ1n) is 9.18. The van der Waals surface area contributed by atoms with Gasteiger partial charge in [-0.15, -0.1) is 0 Å². The van der Waals surface area contributed by atoms with Crippen LogP contribution >= 0.6 is 0 Å². The molecule has 2 aromatic carbocycles. The van der Waals surface area contributed by atoms with Gasteiger partial charge in [-0.1, -0.05) is 24.3 Å². The van der Waals surface area contributed by atoms with Gasteiger partial charge in [0.25, 0.3) is 0 Å². The zero-order valence-electron chi connectivity index (χ0n) is 15.6. The number of nitrogens with one attached hydrogen (secondary N) is 1. The topological polar surface area (TPSA) is 84.4 Å². The number of aromatic nitrogens is 2. The molecule has 3 aromatic rings. The Labute approximate surface area is 164 Å². The average molecular weight is 398 g/mol. The molecule has 28 heavy (non-hydrogen) atoms. The Morgan fingerprint density at radius 3 is 2.32 bits per heavy atom. The predicted molar refractivity (Wildman–Crippen MR) is 108 cm³/mol. The third-order valence-corrected chi connectivity index (χ3v) is 6.65. The van der Waals surface area contributed by atoms with Crippen LogP contribution in [0.15, 0.2) is 53.4 Å². The second-order valence-electron chi connectivity index (χ2n) is 6.66. The Balaban J connectivity index is 1.47. The molecular formula is C20H22N4O3S. The molecule has 0 bridgehead atoms. The largest absolute Gasteiger partial charge is 0.379 e. The minimum absolute atomic E-state index is 0.305. The van der Waals surface area contributed by atoms with E-state index in [0.717, 1.165) is 28.1 Å². The van der Waals surface area contributed by atoms with E-state index in [-0.39, 0.29) is 0 Å². The van der Waals surface area contributed by atoms with Crippen molar-refractivity contribution in [3.05, 3.63) is 59.8 Å². The maximum absolute atomic E-state index is 12.7. The molecule has 0 unspecified atom stereocenters. The van der Waals surface area contributed by atoms with Crippen molar-refractivity contribution in [2.75, 3.05) is 31.6 Å². The number of anilines is 1. The summed E-state index contributed by atoms with van der Waals surface area (Å²) in [6.45, 7) is 4.11. The lowest BCUT2D eigenvalue weighted by Gasteiger charge is -2.26. The quantitative estimate of drug-likeness (QED) is 0.711. The van der Waals surface area contributed by atoms with Crippen molar-refractivity contribution >= 4 is 26.9 Å². The van der Waals surface area contributed by atoms with Crippen molar-refractivity contribution in [2.24, 2.45) is 0 Å². The molecule has 7 nitrogen and oxygen atoms in total. The summed E-state index contributed by atoms with van der Waals surface area (Å²) in [7, 11) is -3.47. The van der Waals surface area contributed by atoms with E-state index < -0.39 is 10.0 Å². The highest BCUT2D eigenvalue weighted by Gasteiger charge is 2.26. The molecule has 1 saturated heterocycles. The van der Waals surface area contributed by atoms with Crippen LogP contribution < -0.4 is 5.32 Å². The lowest BCUT2D eigenvalue weighted by Crippen LogP contribution is -2.40. The van der Waals surface area contributed by atoms with Crippen LogP contribution in [0, 0.1) is 6.92 Å². The molecule has 0 atom stereocenters. The van der Waals surface area contributed by atoms with E-state index in [9.17, 15) is 8.42 Å². The number of hydrogen-bond acceptors (Lipinski definition) is 6. The van der Waals surface area contributed by atoms with E-state index in [2.05, 4.69) is 15.3 Å². The first-order chi connectivity index (χ1) is 13.5. The van der Waals surface area contributed by atoms with Gasteiger partial charge in [0.1, 0.15) is 5.82 Å². The van der Waals surface area contributed by atoms with Crippen molar-refractivity contribution in [1.29, 1.82) is 0 Å². The molecule has 1 aromatic heterocycles. The fourth-order valence-electron chi connectivity index (χ4n) is 3.16. The summed E-state index contributed by atoms with van der Waals surface area (Å²) in [5.41, 5.74) is 3.49. The second-order valence-corrected chi connectivity index (χ2v) is 8.60. The van der Waals surface area contributed by atoms with Crippen LogP contribution in [0.1, 0.15) is 11.3 Å². The van der Waals surface area contributed by atoms with Gasteiger partial charge in [0.2, 0.25) is 10.0 Å². The van der Waals surface area contributed by atoms with Gasteiger partial charge in [-0.05, 0) is 36.8 Å². The van der Waals surface area contributed by atoms with Crippen molar-refractivity contribution < 1.29 is 13.2 Å². The predicted octanol–water partition coefficient (Wildman–Crippen LogP) is 2.57. The van der Waals surface area contributed by atoms with Crippen molar-refractivity contribution in [2.45, 2.75) is 18.4 Å². The molecule has 1 aliphatic rings. The molecular weight excluding hydrogens is 376 g/mol. The maximum atomic E-state index is 12.7. The molecule has 0 aliphatic carbocycles. The van der Waals surface area contributed by atoms with Crippen LogP contribution in [-0.2, 0) is 21.3 Å². The molecule has 146 valence electrons. The lowest BCUT2D eigenvalue weighted by atomic mass is 10.2. The summed E-state index contributed by atoms with van der Waals surface area (Å²) < 4.78 is 32.1. The zero-order valence-corrected chi connectivity index (χ0v) is 16.4. The number of rotatable bonds is 5. The van der Waals surface area contributed by atoms with Crippen LogP contribution in [0.2, 0.25) is 0 Å². The number of ether oxygens (including phenoxy) is 1. The minimum atomic E-state index is -3.47. The van der Waals surface area contributed by atoms with Gasteiger partial charge in [0, 0.05) is 19.6 Å². The Morgan fingerprint density at radius 1 is 1.00 bits per heavy atom. The van der Waals surface area contributed by atoms with Crippen LogP contribution in [0.5, 0.6) is 0 Å². The first kappa shape index (κ1) is 18.8. The number of nitrogens with zero attached hydrogens (tertiary/aromatic N) is 3. The summed E-state index contributed by atoms with van der Waals surface area (Å²) in [6.07, 6.45) is 0. The number of morpholine rings is 1. The summed E-state index contributed by atoms with van der Waals surface area (Å²) >= 11 is 0. The smallest absolute Gasteiger partial charge is 0.243 e. The Bertz CT molecular complexity index is 1080. The summed E-state index contributed by atoms with van der Waals surface area (Å²) in [5, 5.41) is 3.29. The SMILES string of the molecule is Cc1nc2ccccc2nc1NCc1ccc(S(=O)(=O)N2CCOCC2)cc1. The molecule has 0 saturated carbocycles. The Morgan fingerprint density at radius 2 is 1.64 bits per heavy atom. The molecule has 0 radical (unpaired) electrons. The highest BCUT2D eigenvalue weighted by atomic mass is 32.2. The van der Waals surface area contributed by atoms with Gasteiger partial charge < -0.3 is 10.1 Å². The van der Waals surface area contributed by atoms with Crippen molar-refractivity contribution in [3.63, 3.8) is 0 Å². The van der Waals surface area contributed by atoms with E-state index in [0.29, 0.717) is 37.7 Å². The van der Waals surface area contributed by atoms with Crippen LogP contribution in [0.25, 0.3) is 11.0 Å². The number of aryl methyl sites for hydroxylation is 1. The Kier molecular flexibility index (Phi) is 5.25. The maximum Gasteiger partial charge on any atom is 0.243 e. The highest BCUT2D eigenvalue weighted by Crippen LogP contribution is 2.19. The van der Waals surface area contributed by atoms with Crippen LogP contribution in [0.3, 0.4) is 0 Å². The van der Waals surface area contributed by atoms with E-state index in [1.807, 2.05) is 43.3 Å². The van der Waals surface area contributed by atoms with Crippen molar-refractivity contribution in [3.8, 4) is 0 Å². The fourth-order valence-corrected chi connectivity index (χ4v) is 4.56. The monoisotopic (exact) mass is 398 g/mol. The standard InChI is InChI=1S/C20H22N4O3S/c1-15-20(23-19-5-3-2-4-18(19)22-15)21-14-16-6-8-17(9-7-16)28(25,26)24-10-12-27-13-11-24/h2-9H,10-14H2,1H3,(H,21,23). The third kappa shape index (κ3) is 3.84. The number of fused-ring (bicyclic) bond motifs is 1. The van der Waals surface area contributed by atoms with E-state index in [1.54, 1.807) is 12.1 Å². The average Bonchev–Trinajstić information content (AvgIpc) is 2.73. The lowest BCUT2D eigenvalue weighted by molar-refractivity contribution is 0.0730. The van der Waals surface area contributed by atoms with Gasteiger partial charge in [-0.3, -0.25) is 0 Å². The normalized spacial score (nSPS) is 15.6. The van der Waals surface area contributed by atoms with Gasteiger partial charge in [0.15, 0.2) is 0 Å². The molecule has 1 fully saturated rings. The van der Waals surface area contributed by atoms with Crippen LogP contribution in [0.4, 0.5) is 5.82 Å². The molecule has 4 rings (SSSR count). The van der Waals surface area contributed by atoms with Gasteiger partial charge in [0.05, 0.1) is 34.8 Å². The molecule has 1 aliphatic heterocycles. The van der Waals surface area contributed by atoms with Crippen LogP contribution in [-0.4, -0.2) is 49.0 Å². The molecule has 1 N–H and O–H groups in total. The van der Waals surface area contributed by atoms with E-state index in [4.69, 9.17) is 4.74 Å². The van der Waals surface area contributed by atoms with Gasteiger partial charge in [-0.2, -0.15) is 4.31 Å². The van der Waals surface area contributed by atoms with E-state index >= 15 is 0 Å². The number of para-hydroxylation sites is 2. The van der Waals surface area contributed by atoms with Gasteiger partial charge >= 0.3 is 0 Å². The van der Waals surface area contributed by atoms with Gasteiger partial charge in [-0.25, -0.2) is 18.4 Å². The molecule has 8 heteroatoms. The van der Waals surface area contributed by atoms with Crippen molar-refractivity contribution in [1.82, 2.24) is 14.3 Å². The summed E-state index contributed by atoms with van der Waals surface area (Å²) in [6, 6.07) is 14.7. The second kappa shape index (κ2) is 7.83. The summed E-state index contributed by atoms with van der Waals surface area (Å²) in [5.74, 6) is 0.726. The highest BCUT2D eigenvalue weighted by molar-refractivity contribution is 7.89. The van der Waals surface area contributed by atoms with E-state index in [1.165, 1.54) is 4.31 Å².